The van der Waals surface area contributed by atoms with Gasteiger partial charge in [-0.25, -0.2) is 4.79 Å². The van der Waals surface area contributed by atoms with Gasteiger partial charge in [0.2, 0.25) is 0 Å². The molecule has 0 aliphatic rings. The van der Waals surface area contributed by atoms with Crippen LogP contribution in [0.15, 0.2) is 48.5 Å². The molecule has 4 heteroatoms. The molecule has 0 saturated carbocycles. The van der Waals surface area contributed by atoms with Crippen molar-refractivity contribution < 1.29 is 19.7 Å². The molecule has 0 amide bonds. The van der Waals surface area contributed by atoms with E-state index in [1.807, 2.05) is 18.2 Å². The second kappa shape index (κ2) is 7.33. The van der Waals surface area contributed by atoms with Crippen LogP contribution in [0.4, 0.5) is 0 Å². The van der Waals surface area contributed by atoms with Crippen LogP contribution in [0.2, 0.25) is 0 Å². The molecule has 0 unspecified atom stereocenters. The van der Waals surface area contributed by atoms with Gasteiger partial charge in [0, 0.05) is 0 Å². The Labute approximate surface area is 123 Å². The van der Waals surface area contributed by atoms with Gasteiger partial charge in [0.15, 0.2) is 11.5 Å². The Morgan fingerprint density at radius 3 is 2.43 bits per heavy atom. The highest BCUT2D eigenvalue weighted by atomic mass is 16.5. The van der Waals surface area contributed by atoms with E-state index in [1.54, 1.807) is 0 Å². The highest BCUT2D eigenvalue weighted by Crippen LogP contribution is 2.25. The molecular weight excluding hydrogens is 268 g/mol. The monoisotopic (exact) mass is 286 g/mol. The molecule has 2 aromatic carbocycles. The van der Waals surface area contributed by atoms with Crippen LogP contribution in [0.25, 0.3) is 0 Å². The summed E-state index contributed by atoms with van der Waals surface area (Å²) in [5.41, 5.74) is 1.50. The highest BCUT2D eigenvalue weighted by Gasteiger charge is 2.09. The number of hydrogen-bond acceptors (Lipinski definition) is 4. The Morgan fingerprint density at radius 1 is 0.952 bits per heavy atom. The van der Waals surface area contributed by atoms with Crippen LogP contribution >= 0.6 is 0 Å². The van der Waals surface area contributed by atoms with Gasteiger partial charge in [-0.1, -0.05) is 30.3 Å². The van der Waals surface area contributed by atoms with Gasteiger partial charge in [0.05, 0.1) is 12.2 Å². The van der Waals surface area contributed by atoms with Crippen LogP contribution in [0.1, 0.15) is 28.8 Å². The van der Waals surface area contributed by atoms with E-state index in [-0.39, 0.29) is 17.1 Å². The summed E-state index contributed by atoms with van der Waals surface area (Å²) >= 11 is 0. The Hall–Kier alpha value is -2.49. The van der Waals surface area contributed by atoms with Crippen LogP contribution in [0, 0.1) is 0 Å². The summed E-state index contributed by atoms with van der Waals surface area (Å²) in [7, 11) is 0. The van der Waals surface area contributed by atoms with Gasteiger partial charge < -0.3 is 14.9 Å². The third-order valence-corrected chi connectivity index (χ3v) is 3.15. The summed E-state index contributed by atoms with van der Waals surface area (Å²) in [6.07, 6.45) is 2.68. The average molecular weight is 286 g/mol. The van der Waals surface area contributed by atoms with Gasteiger partial charge in [-0.05, 0) is 43.0 Å². The van der Waals surface area contributed by atoms with Gasteiger partial charge in [-0.2, -0.15) is 0 Å². The molecule has 0 spiro atoms. The van der Waals surface area contributed by atoms with E-state index in [2.05, 4.69) is 12.1 Å². The normalized spacial score (nSPS) is 10.3. The van der Waals surface area contributed by atoms with Crippen molar-refractivity contribution in [2.75, 3.05) is 6.61 Å². The molecule has 4 nitrogen and oxygen atoms in total. The average Bonchev–Trinajstić information content (AvgIpc) is 2.50. The van der Waals surface area contributed by atoms with Crippen molar-refractivity contribution >= 4 is 5.97 Å². The quantitative estimate of drug-likeness (QED) is 0.486. The lowest BCUT2D eigenvalue weighted by atomic mass is 10.1. The van der Waals surface area contributed by atoms with E-state index in [1.165, 1.54) is 23.8 Å². The van der Waals surface area contributed by atoms with Crippen LogP contribution in [-0.2, 0) is 11.2 Å². The lowest BCUT2D eigenvalue weighted by Gasteiger charge is -2.06. The number of hydrogen-bond donors (Lipinski definition) is 2. The summed E-state index contributed by atoms with van der Waals surface area (Å²) in [4.78, 5) is 11.7. The Morgan fingerprint density at radius 2 is 1.71 bits per heavy atom. The van der Waals surface area contributed by atoms with Crippen molar-refractivity contribution in [3.05, 3.63) is 59.7 Å². The molecule has 0 aliphatic heterocycles. The molecular formula is C17H18O4. The molecule has 0 radical (unpaired) electrons. The zero-order valence-corrected chi connectivity index (χ0v) is 11.7. The number of phenolic OH excluding ortho intramolecular Hbond substituents is 2. The Kier molecular flexibility index (Phi) is 5.21. The first-order valence-electron chi connectivity index (χ1n) is 6.90. The lowest BCUT2D eigenvalue weighted by molar-refractivity contribution is 0.0498. The van der Waals surface area contributed by atoms with Crippen LogP contribution < -0.4 is 0 Å². The van der Waals surface area contributed by atoms with E-state index >= 15 is 0 Å². The summed E-state index contributed by atoms with van der Waals surface area (Å²) in [5.74, 6) is -1.08. The van der Waals surface area contributed by atoms with Crippen molar-refractivity contribution in [3.63, 3.8) is 0 Å². The molecule has 110 valence electrons. The third kappa shape index (κ3) is 4.53. The number of unbranched alkanes of at least 4 members (excludes halogenated alkanes) is 1. The molecule has 21 heavy (non-hydrogen) atoms. The summed E-state index contributed by atoms with van der Waals surface area (Å²) in [5, 5.41) is 18.5. The number of phenols is 2. The first-order valence-corrected chi connectivity index (χ1v) is 6.90. The van der Waals surface area contributed by atoms with Crippen molar-refractivity contribution in [1.29, 1.82) is 0 Å². The molecule has 0 aromatic heterocycles. The fourth-order valence-electron chi connectivity index (χ4n) is 1.97. The predicted molar refractivity (Wildman–Crippen MR) is 79.4 cm³/mol. The maximum Gasteiger partial charge on any atom is 0.338 e. The van der Waals surface area contributed by atoms with E-state index in [0.29, 0.717) is 6.61 Å². The summed E-state index contributed by atoms with van der Waals surface area (Å²) in [6, 6.07) is 14.0. The smallest absolute Gasteiger partial charge is 0.338 e. The molecule has 2 rings (SSSR count). The van der Waals surface area contributed by atoms with Gasteiger partial charge in [0.1, 0.15) is 0 Å². The first kappa shape index (κ1) is 14.9. The predicted octanol–water partition coefficient (Wildman–Crippen LogP) is 3.28. The number of benzene rings is 2. The highest BCUT2D eigenvalue weighted by molar-refractivity contribution is 5.90. The number of ether oxygens (including phenoxy) is 1. The fourth-order valence-corrected chi connectivity index (χ4v) is 1.97. The number of aromatic hydroxyl groups is 2. The topological polar surface area (TPSA) is 66.8 Å². The summed E-state index contributed by atoms with van der Waals surface area (Å²) < 4.78 is 5.13. The maximum atomic E-state index is 11.7. The molecule has 2 aromatic rings. The largest absolute Gasteiger partial charge is 0.504 e. The van der Waals surface area contributed by atoms with E-state index in [9.17, 15) is 15.0 Å². The van der Waals surface area contributed by atoms with E-state index in [0.717, 1.165) is 19.3 Å². The number of aryl methyl sites for hydroxylation is 1. The molecule has 2 N–H and O–H groups in total. The standard InChI is InChI=1S/C17H18O4/c18-15-10-9-14(12-16(15)19)17(20)21-11-5-4-8-13-6-2-1-3-7-13/h1-3,6-7,9-10,12,18-19H,4-5,8,11H2. The molecule has 0 bridgehead atoms. The van der Waals surface area contributed by atoms with Crippen LogP contribution in [0.3, 0.4) is 0 Å². The Balaban J connectivity index is 1.71. The molecule has 0 aliphatic carbocycles. The van der Waals surface area contributed by atoms with Gasteiger partial charge in [-0.15, -0.1) is 0 Å². The SMILES string of the molecule is O=C(OCCCCc1ccccc1)c1ccc(O)c(O)c1. The molecule has 0 atom stereocenters. The third-order valence-electron chi connectivity index (χ3n) is 3.15. The van der Waals surface area contributed by atoms with E-state index < -0.39 is 5.97 Å². The number of rotatable bonds is 6. The van der Waals surface area contributed by atoms with Gasteiger partial charge in [0.25, 0.3) is 0 Å². The maximum absolute atomic E-state index is 11.7. The number of carbonyl (C=O) groups excluding carboxylic acids is 1. The number of carbonyl (C=O) groups is 1. The Bertz CT molecular complexity index is 593. The van der Waals surface area contributed by atoms with Crippen LogP contribution in [-0.4, -0.2) is 22.8 Å². The van der Waals surface area contributed by atoms with Crippen molar-refractivity contribution in [2.24, 2.45) is 0 Å². The summed E-state index contributed by atoms with van der Waals surface area (Å²) in [6.45, 7) is 0.341. The minimum Gasteiger partial charge on any atom is -0.504 e. The fraction of sp³-hybridized carbons (Fsp3) is 0.235. The second-order valence-corrected chi connectivity index (χ2v) is 4.78. The van der Waals surface area contributed by atoms with Gasteiger partial charge >= 0.3 is 5.97 Å². The van der Waals surface area contributed by atoms with Crippen molar-refractivity contribution in [1.82, 2.24) is 0 Å². The lowest BCUT2D eigenvalue weighted by Crippen LogP contribution is -2.06. The zero-order valence-electron chi connectivity index (χ0n) is 11.7. The van der Waals surface area contributed by atoms with E-state index in [4.69, 9.17) is 4.74 Å². The molecule has 0 fully saturated rings. The number of esters is 1. The van der Waals surface area contributed by atoms with Crippen molar-refractivity contribution in [3.8, 4) is 11.5 Å². The molecule has 0 saturated heterocycles. The second-order valence-electron chi connectivity index (χ2n) is 4.78. The minimum atomic E-state index is -0.495. The van der Waals surface area contributed by atoms with Crippen molar-refractivity contribution in [2.45, 2.75) is 19.3 Å². The zero-order chi connectivity index (χ0) is 15.1. The molecule has 0 heterocycles. The minimum absolute atomic E-state index is 0.230. The van der Waals surface area contributed by atoms with Crippen LogP contribution in [0.5, 0.6) is 11.5 Å². The first-order chi connectivity index (χ1) is 10.2. The van der Waals surface area contributed by atoms with Gasteiger partial charge in [-0.3, -0.25) is 0 Å².